The number of halogens is 3. The Balaban J connectivity index is 1.90. The summed E-state index contributed by atoms with van der Waals surface area (Å²) >= 11 is 1.41. The summed E-state index contributed by atoms with van der Waals surface area (Å²) in [5.74, 6) is -0.391. The largest absolute Gasteiger partial charge is 0.508 e. The molecule has 24 heavy (non-hydrogen) atoms. The summed E-state index contributed by atoms with van der Waals surface area (Å²) in [5, 5.41) is 14.7. The molecule has 124 valence electrons. The summed E-state index contributed by atoms with van der Waals surface area (Å²) in [5.41, 5.74) is 0.485. The van der Waals surface area contributed by atoms with Gasteiger partial charge in [0.05, 0.1) is 5.56 Å². The van der Waals surface area contributed by atoms with Gasteiger partial charge in [-0.2, -0.15) is 13.2 Å². The van der Waals surface area contributed by atoms with Crippen molar-refractivity contribution < 1.29 is 18.3 Å². The lowest BCUT2D eigenvalue weighted by Gasteiger charge is -2.11. The molecular weight excluding hydrogens is 341 g/mol. The Hall–Kier alpha value is -2.68. The second-order valence-electron chi connectivity index (χ2n) is 4.95. The number of alkyl halides is 3. The molecule has 0 saturated carbocycles. The van der Waals surface area contributed by atoms with Gasteiger partial charge in [-0.3, -0.25) is 0 Å². The molecule has 0 bridgehead atoms. The van der Waals surface area contributed by atoms with Crippen LogP contribution in [0.25, 0.3) is 10.7 Å². The summed E-state index contributed by atoms with van der Waals surface area (Å²) in [6, 6.07) is 4.36. The van der Waals surface area contributed by atoms with Gasteiger partial charge in [0, 0.05) is 29.0 Å². The van der Waals surface area contributed by atoms with E-state index in [2.05, 4.69) is 20.3 Å². The average Bonchev–Trinajstić information content (AvgIpc) is 2.93. The zero-order valence-electron chi connectivity index (χ0n) is 12.3. The minimum absolute atomic E-state index is 0.0368. The van der Waals surface area contributed by atoms with Crippen molar-refractivity contribution in [1.29, 1.82) is 0 Å². The minimum Gasteiger partial charge on any atom is -0.508 e. The van der Waals surface area contributed by atoms with Crippen molar-refractivity contribution in [2.45, 2.75) is 13.1 Å². The highest BCUT2D eigenvalue weighted by molar-refractivity contribution is 7.13. The van der Waals surface area contributed by atoms with Crippen LogP contribution in [0.4, 0.5) is 24.8 Å². The molecule has 0 radical (unpaired) electrons. The third-order valence-corrected chi connectivity index (χ3v) is 3.98. The Morgan fingerprint density at radius 2 is 1.96 bits per heavy atom. The van der Waals surface area contributed by atoms with Crippen LogP contribution in [-0.2, 0) is 6.18 Å². The van der Waals surface area contributed by atoms with Crippen molar-refractivity contribution in [2.75, 3.05) is 5.32 Å². The van der Waals surface area contributed by atoms with E-state index < -0.39 is 17.5 Å². The number of hydrogen-bond acceptors (Lipinski definition) is 6. The summed E-state index contributed by atoms with van der Waals surface area (Å²) in [4.78, 5) is 12.5. The molecule has 2 heterocycles. The van der Waals surface area contributed by atoms with E-state index in [4.69, 9.17) is 0 Å². The summed E-state index contributed by atoms with van der Waals surface area (Å²) in [7, 11) is 0. The van der Waals surface area contributed by atoms with E-state index in [1.54, 1.807) is 6.07 Å². The van der Waals surface area contributed by atoms with Crippen LogP contribution in [0.2, 0.25) is 0 Å². The summed E-state index contributed by atoms with van der Waals surface area (Å²) in [6.07, 6.45) is -3.08. The van der Waals surface area contributed by atoms with Gasteiger partial charge in [0.1, 0.15) is 16.5 Å². The topological polar surface area (TPSA) is 70.9 Å². The van der Waals surface area contributed by atoms with E-state index in [9.17, 15) is 18.3 Å². The Labute approximate surface area is 138 Å². The summed E-state index contributed by atoms with van der Waals surface area (Å²) < 4.78 is 38.4. The molecule has 0 aliphatic heterocycles. The maximum Gasteiger partial charge on any atom is 0.416 e. The normalized spacial score (nSPS) is 11.5. The highest BCUT2D eigenvalue weighted by atomic mass is 32.1. The van der Waals surface area contributed by atoms with Crippen LogP contribution in [0.3, 0.4) is 0 Å². The van der Waals surface area contributed by atoms with E-state index in [1.807, 2.05) is 12.3 Å². The van der Waals surface area contributed by atoms with Gasteiger partial charge in [-0.1, -0.05) is 0 Å². The lowest BCUT2D eigenvalue weighted by atomic mass is 10.2. The number of phenols is 1. The van der Waals surface area contributed by atoms with E-state index >= 15 is 0 Å². The number of nitrogens with zero attached hydrogens (tertiary/aromatic N) is 3. The van der Waals surface area contributed by atoms with E-state index in [0.29, 0.717) is 16.8 Å². The Morgan fingerprint density at radius 1 is 1.17 bits per heavy atom. The fraction of sp³-hybridized carbons (Fsp3) is 0.133. The SMILES string of the molecule is Cc1csc(-c2ccnc(Nc3cc(O)cc(C(F)(F)F)c3)n2)n1. The standard InChI is InChI=1S/C15H11F3N4OS/c1-8-7-24-13(20-8)12-2-3-19-14(22-12)21-10-4-9(15(16,17)18)5-11(23)6-10/h2-7,23H,1H3,(H,19,21,22). The number of anilines is 2. The predicted octanol–water partition coefficient (Wildman–Crippen LogP) is 4.38. The highest BCUT2D eigenvalue weighted by Crippen LogP contribution is 2.34. The van der Waals surface area contributed by atoms with Crippen LogP contribution >= 0.6 is 11.3 Å². The highest BCUT2D eigenvalue weighted by Gasteiger charge is 2.31. The molecule has 5 nitrogen and oxygen atoms in total. The average molecular weight is 352 g/mol. The van der Waals surface area contributed by atoms with E-state index in [0.717, 1.165) is 11.8 Å². The maximum absolute atomic E-state index is 12.8. The van der Waals surface area contributed by atoms with E-state index in [-0.39, 0.29) is 11.6 Å². The molecular formula is C15H11F3N4OS. The van der Waals surface area contributed by atoms with Gasteiger partial charge in [-0.25, -0.2) is 15.0 Å². The molecule has 0 aliphatic carbocycles. The molecule has 2 N–H and O–H groups in total. The number of aromatic nitrogens is 3. The minimum atomic E-state index is -4.56. The Morgan fingerprint density at radius 3 is 2.62 bits per heavy atom. The molecule has 0 atom stereocenters. The van der Waals surface area contributed by atoms with Gasteiger partial charge in [0.2, 0.25) is 5.95 Å². The molecule has 0 fully saturated rings. The third-order valence-electron chi connectivity index (χ3n) is 2.99. The first kappa shape index (κ1) is 16.2. The Kier molecular flexibility index (Phi) is 4.10. The lowest BCUT2D eigenvalue weighted by molar-refractivity contribution is -0.137. The molecule has 0 aliphatic rings. The summed E-state index contributed by atoms with van der Waals surface area (Å²) in [6.45, 7) is 1.85. The van der Waals surface area contributed by atoms with Gasteiger partial charge in [-0.05, 0) is 25.1 Å². The zero-order chi connectivity index (χ0) is 17.3. The second-order valence-corrected chi connectivity index (χ2v) is 5.81. The van der Waals surface area contributed by atoms with Gasteiger partial charge >= 0.3 is 6.18 Å². The molecule has 1 aromatic carbocycles. The number of phenolic OH excluding ortho intramolecular Hbond substituents is 1. The predicted molar refractivity (Wildman–Crippen MR) is 84.3 cm³/mol. The first-order valence-electron chi connectivity index (χ1n) is 6.75. The van der Waals surface area contributed by atoms with E-state index in [1.165, 1.54) is 23.6 Å². The molecule has 9 heteroatoms. The van der Waals surface area contributed by atoms with Gasteiger partial charge in [0.15, 0.2) is 0 Å². The molecule has 0 amide bonds. The molecule has 2 aromatic heterocycles. The molecule has 0 unspecified atom stereocenters. The van der Waals surface area contributed by atoms with Crippen LogP contribution in [0.5, 0.6) is 5.75 Å². The fourth-order valence-corrected chi connectivity index (χ4v) is 2.75. The van der Waals surface area contributed by atoms with Gasteiger partial charge in [0.25, 0.3) is 0 Å². The molecule has 0 saturated heterocycles. The molecule has 3 rings (SSSR count). The number of rotatable bonds is 3. The number of hydrogen-bond donors (Lipinski definition) is 2. The number of aryl methyl sites for hydroxylation is 1. The number of benzene rings is 1. The number of aromatic hydroxyl groups is 1. The van der Waals surface area contributed by atoms with Crippen molar-refractivity contribution in [2.24, 2.45) is 0 Å². The third kappa shape index (κ3) is 3.62. The fourth-order valence-electron chi connectivity index (χ4n) is 1.99. The van der Waals surface area contributed by atoms with Crippen molar-refractivity contribution >= 4 is 23.0 Å². The van der Waals surface area contributed by atoms with Crippen LogP contribution < -0.4 is 5.32 Å². The van der Waals surface area contributed by atoms with Crippen LogP contribution in [0.15, 0.2) is 35.8 Å². The maximum atomic E-state index is 12.8. The molecule has 3 aromatic rings. The van der Waals surface area contributed by atoms with Gasteiger partial charge < -0.3 is 10.4 Å². The van der Waals surface area contributed by atoms with Crippen LogP contribution in [0, 0.1) is 6.92 Å². The zero-order valence-corrected chi connectivity index (χ0v) is 13.1. The first-order valence-corrected chi connectivity index (χ1v) is 7.63. The second kappa shape index (κ2) is 6.08. The number of nitrogens with one attached hydrogen (secondary N) is 1. The number of thiazole rings is 1. The van der Waals surface area contributed by atoms with Crippen molar-refractivity contribution in [3.05, 3.63) is 47.1 Å². The monoisotopic (exact) mass is 352 g/mol. The smallest absolute Gasteiger partial charge is 0.416 e. The van der Waals surface area contributed by atoms with Crippen LogP contribution in [0.1, 0.15) is 11.3 Å². The van der Waals surface area contributed by atoms with Gasteiger partial charge in [-0.15, -0.1) is 11.3 Å². The van der Waals surface area contributed by atoms with Crippen molar-refractivity contribution in [3.63, 3.8) is 0 Å². The van der Waals surface area contributed by atoms with Crippen molar-refractivity contribution in [3.8, 4) is 16.5 Å². The Bertz CT molecular complexity index is 879. The van der Waals surface area contributed by atoms with Crippen LogP contribution in [-0.4, -0.2) is 20.1 Å². The quantitative estimate of drug-likeness (QED) is 0.732. The van der Waals surface area contributed by atoms with Crippen molar-refractivity contribution in [1.82, 2.24) is 15.0 Å². The molecule has 0 spiro atoms. The first-order chi connectivity index (χ1) is 11.3. The lowest BCUT2D eigenvalue weighted by Crippen LogP contribution is -2.06.